The normalized spacial score (nSPS) is 18.9. The number of fused-ring (bicyclic) bond motifs is 1. The number of rotatable bonds is 3. The van der Waals surface area contributed by atoms with Gasteiger partial charge in [-0.15, -0.1) is 11.3 Å². The number of aliphatic hydroxyl groups excluding tert-OH is 1. The molecule has 0 unspecified atom stereocenters. The summed E-state index contributed by atoms with van der Waals surface area (Å²) in [4.78, 5) is 5.57. The Hall–Kier alpha value is -0.870. The van der Waals surface area contributed by atoms with Gasteiger partial charge < -0.3 is 5.11 Å². The Balaban J connectivity index is 1.88. The fourth-order valence-corrected chi connectivity index (χ4v) is 2.53. The summed E-state index contributed by atoms with van der Waals surface area (Å²) in [7, 11) is 0. The first-order chi connectivity index (χ1) is 6.81. The lowest BCUT2D eigenvalue weighted by molar-refractivity contribution is 0.210. The van der Waals surface area contributed by atoms with Crippen LogP contribution in [-0.4, -0.2) is 21.1 Å². The third-order valence-corrected chi connectivity index (χ3v) is 3.76. The Morgan fingerprint density at radius 1 is 1.57 bits per heavy atom. The van der Waals surface area contributed by atoms with Crippen LogP contribution < -0.4 is 0 Å². The summed E-state index contributed by atoms with van der Waals surface area (Å²) in [6, 6.07) is 0. The number of imidazole rings is 1. The molecule has 3 nitrogen and oxygen atoms in total. The fraction of sp³-hybridized carbons (Fsp3) is 0.500. The molecule has 14 heavy (non-hydrogen) atoms. The van der Waals surface area contributed by atoms with Crippen LogP contribution in [0.15, 0.2) is 17.8 Å². The van der Waals surface area contributed by atoms with Crippen molar-refractivity contribution >= 4 is 16.3 Å². The van der Waals surface area contributed by atoms with Gasteiger partial charge in [-0.2, -0.15) is 0 Å². The maximum absolute atomic E-state index is 9.21. The second-order valence-electron chi connectivity index (χ2n) is 4.16. The Bertz CT molecular complexity index is 427. The van der Waals surface area contributed by atoms with E-state index >= 15 is 0 Å². The highest BCUT2D eigenvalue weighted by Crippen LogP contribution is 2.47. The summed E-state index contributed by atoms with van der Waals surface area (Å²) in [5.41, 5.74) is 1.28. The first-order valence-corrected chi connectivity index (χ1v) is 5.71. The van der Waals surface area contributed by atoms with Gasteiger partial charge in [-0.05, 0) is 24.7 Å². The molecular weight excluding hydrogens is 196 g/mol. The van der Waals surface area contributed by atoms with E-state index in [2.05, 4.69) is 11.2 Å². The van der Waals surface area contributed by atoms with E-state index in [1.807, 2.05) is 16.0 Å². The van der Waals surface area contributed by atoms with Crippen LogP contribution in [-0.2, 0) is 6.42 Å². The average Bonchev–Trinajstić information content (AvgIpc) is 2.62. The lowest BCUT2D eigenvalue weighted by atomic mass is 10.0. The van der Waals surface area contributed by atoms with Crippen molar-refractivity contribution in [3.8, 4) is 0 Å². The van der Waals surface area contributed by atoms with Crippen LogP contribution in [0.25, 0.3) is 4.96 Å². The molecule has 2 aromatic heterocycles. The average molecular weight is 208 g/mol. The maximum atomic E-state index is 9.21. The van der Waals surface area contributed by atoms with Gasteiger partial charge in [-0.3, -0.25) is 4.40 Å². The molecule has 0 atom stereocenters. The van der Waals surface area contributed by atoms with E-state index in [4.69, 9.17) is 0 Å². The molecular formula is C10H12N2OS. The molecule has 0 spiro atoms. The smallest absolute Gasteiger partial charge is 0.193 e. The molecule has 1 fully saturated rings. The zero-order valence-electron chi connectivity index (χ0n) is 7.81. The molecule has 0 radical (unpaired) electrons. The van der Waals surface area contributed by atoms with Gasteiger partial charge in [0.1, 0.15) is 0 Å². The summed E-state index contributed by atoms with van der Waals surface area (Å²) >= 11 is 1.65. The van der Waals surface area contributed by atoms with E-state index in [-0.39, 0.29) is 5.41 Å². The molecule has 4 heteroatoms. The van der Waals surface area contributed by atoms with Crippen molar-refractivity contribution in [1.29, 1.82) is 0 Å². The molecule has 1 aliphatic rings. The molecule has 1 aliphatic carbocycles. The predicted octanol–water partition coefficient (Wildman–Crippen LogP) is 1.71. The quantitative estimate of drug-likeness (QED) is 0.833. The van der Waals surface area contributed by atoms with Crippen molar-refractivity contribution in [2.75, 3.05) is 6.61 Å². The monoisotopic (exact) mass is 208 g/mol. The SMILES string of the molecule is OCC1(Cc2cn3ccsc3n2)CC1. The minimum absolute atomic E-state index is 0.171. The van der Waals surface area contributed by atoms with E-state index in [1.165, 1.54) is 0 Å². The zero-order valence-corrected chi connectivity index (χ0v) is 8.63. The van der Waals surface area contributed by atoms with Gasteiger partial charge in [0, 0.05) is 24.4 Å². The number of aromatic nitrogens is 2. The van der Waals surface area contributed by atoms with Crippen LogP contribution in [0.5, 0.6) is 0 Å². The molecule has 0 bridgehead atoms. The Morgan fingerprint density at radius 3 is 3.07 bits per heavy atom. The van der Waals surface area contributed by atoms with E-state index in [9.17, 15) is 5.11 Å². The van der Waals surface area contributed by atoms with Gasteiger partial charge in [0.15, 0.2) is 4.96 Å². The maximum Gasteiger partial charge on any atom is 0.193 e. The third-order valence-electron chi connectivity index (χ3n) is 2.99. The summed E-state index contributed by atoms with van der Waals surface area (Å²) in [5, 5.41) is 11.2. The van der Waals surface area contributed by atoms with Crippen molar-refractivity contribution in [1.82, 2.24) is 9.38 Å². The first-order valence-electron chi connectivity index (χ1n) is 4.83. The molecule has 3 rings (SSSR count). The second-order valence-corrected chi connectivity index (χ2v) is 5.03. The minimum atomic E-state index is 0.171. The van der Waals surface area contributed by atoms with E-state index in [0.717, 1.165) is 29.9 Å². The van der Waals surface area contributed by atoms with E-state index in [1.54, 1.807) is 11.3 Å². The summed E-state index contributed by atoms with van der Waals surface area (Å²) < 4.78 is 2.05. The lowest BCUT2D eigenvalue weighted by Crippen LogP contribution is -2.10. The van der Waals surface area contributed by atoms with Gasteiger partial charge in [-0.25, -0.2) is 4.98 Å². The molecule has 1 saturated carbocycles. The van der Waals surface area contributed by atoms with Crippen molar-refractivity contribution < 1.29 is 5.11 Å². The van der Waals surface area contributed by atoms with Crippen molar-refractivity contribution in [2.24, 2.45) is 5.41 Å². The Morgan fingerprint density at radius 2 is 2.43 bits per heavy atom. The molecule has 1 N–H and O–H groups in total. The summed E-state index contributed by atoms with van der Waals surface area (Å²) in [6.07, 6.45) is 7.32. The van der Waals surface area contributed by atoms with Crippen LogP contribution in [0.1, 0.15) is 18.5 Å². The topological polar surface area (TPSA) is 37.5 Å². The zero-order chi connectivity index (χ0) is 9.60. The van der Waals surface area contributed by atoms with Crippen LogP contribution in [0, 0.1) is 5.41 Å². The highest BCUT2D eigenvalue weighted by Gasteiger charge is 2.42. The van der Waals surface area contributed by atoms with E-state index < -0.39 is 0 Å². The number of hydrogen-bond acceptors (Lipinski definition) is 3. The molecule has 0 aromatic carbocycles. The van der Waals surface area contributed by atoms with Crippen LogP contribution in [0.4, 0.5) is 0 Å². The largest absolute Gasteiger partial charge is 0.396 e. The molecule has 2 aromatic rings. The van der Waals surface area contributed by atoms with Gasteiger partial charge in [0.05, 0.1) is 5.69 Å². The molecule has 0 saturated heterocycles. The highest BCUT2D eigenvalue weighted by atomic mass is 32.1. The predicted molar refractivity (Wildman–Crippen MR) is 55.5 cm³/mol. The second kappa shape index (κ2) is 2.81. The number of hydrogen-bond donors (Lipinski definition) is 1. The van der Waals surface area contributed by atoms with Gasteiger partial charge in [0.25, 0.3) is 0 Å². The fourth-order valence-electron chi connectivity index (χ4n) is 1.81. The third kappa shape index (κ3) is 1.26. The minimum Gasteiger partial charge on any atom is -0.396 e. The Labute approximate surface area is 86.0 Å². The van der Waals surface area contributed by atoms with Crippen molar-refractivity contribution in [3.05, 3.63) is 23.5 Å². The van der Waals surface area contributed by atoms with Gasteiger partial charge in [-0.1, -0.05) is 0 Å². The Kier molecular flexibility index (Phi) is 1.69. The van der Waals surface area contributed by atoms with Crippen molar-refractivity contribution in [3.63, 3.8) is 0 Å². The summed E-state index contributed by atoms with van der Waals surface area (Å²) in [5.74, 6) is 0. The molecule has 0 amide bonds. The number of aliphatic hydroxyl groups is 1. The van der Waals surface area contributed by atoms with Crippen molar-refractivity contribution in [2.45, 2.75) is 19.3 Å². The first kappa shape index (κ1) is 8.44. The standard InChI is InChI=1S/C10H12N2OS/c13-7-10(1-2-10)5-8-6-12-3-4-14-9(12)11-8/h3-4,6,13H,1-2,5,7H2. The van der Waals surface area contributed by atoms with Crippen LogP contribution in [0.2, 0.25) is 0 Å². The summed E-state index contributed by atoms with van der Waals surface area (Å²) in [6.45, 7) is 0.304. The lowest BCUT2D eigenvalue weighted by Gasteiger charge is -2.07. The van der Waals surface area contributed by atoms with Gasteiger partial charge >= 0.3 is 0 Å². The number of thiazole rings is 1. The molecule has 2 heterocycles. The molecule has 0 aliphatic heterocycles. The van der Waals surface area contributed by atoms with Crippen LogP contribution in [0.3, 0.4) is 0 Å². The number of nitrogens with zero attached hydrogens (tertiary/aromatic N) is 2. The van der Waals surface area contributed by atoms with Crippen LogP contribution >= 0.6 is 11.3 Å². The highest BCUT2D eigenvalue weighted by molar-refractivity contribution is 7.15. The van der Waals surface area contributed by atoms with E-state index in [0.29, 0.717) is 6.61 Å². The van der Waals surface area contributed by atoms with Gasteiger partial charge in [0.2, 0.25) is 0 Å². The molecule has 74 valence electrons.